The highest BCUT2D eigenvalue weighted by molar-refractivity contribution is 6.17. The normalized spacial score (nSPS) is 14.4. The van der Waals surface area contributed by atoms with E-state index >= 15 is 0 Å². The van der Waals surface area contributed by atoms with E-state index in [9.17, 15) is 13.2 Å². The van der Waals surface area contributed by atoms with Gasteiger partial charge in [0.2, 0.25) is 5.95 Å². The number of hydrogen-bond acceptors (Lipinski definition) is 8. The number of pyridine rings is 1. The van der Waals surface area contributed by atoms with Crippen molar-refractivity contribution in [1.82, 2.24) is 15.0 Å². The standard InChI is InChI=1S/C23H23ClF3N7O/c1-15-13-28-22(32-21(15)34-7-9-35-10-8-34)33-29-14-18-5-6-19(20(12-24)31-18)30-17-4-2-3-16(11-17)23(25,26)27/h2-6,11,13-14,30H,7-10,12H2,1H3,(H,28,32,33)/b29-14+. The largest absolute Gasteiger partial charge is 0.416 e. The minimum absolute atomic E-state index is 0.0559. The highest BCUT2D eigenvalue weighted by atomic mass is 35.5. The molecule has 12 heteroatoms. The van der Waals surface area contributed by atoms with Gasteiger partial charge in [-0.05, 0) is 37.3 Å². The summed E-state index contributed by atoms with van der Waals surface area (Å²) in [5.74, 6) is 1.22. The van der Waals surface area contributed by atoms with Crippen molar-refractivity contribution in [3.63, 3.8) is 0 Å². The summed E-state index contributed by atoms with van der Waals surface area (Å²) >= 11 is 6.03. The predicted molar refractivity (Wildman–Crippen MR) is 130 cm³/mol. The molecule has 35 heavy (non-hydrogen) atoms. The minimum atomic E-state index is -4.43. The first-order valence-corrected chi connectivity index (χ1v) is 11.3. The number of morpholine rings is 1. The summed E-state index contributed by atoms with van der Waals surface area (Å²) in [5.41, 5.74) is 4.77. The van der Waals surface area contributed by atoms with Gasteiger partial charge in [0.05, 0.1) is 47.9 Å². The second-order valence-corrected chi connectivity index (χ2v) is 8.00. The highest BCUT2D eigenvalue weighted by Crippen LogP contribution is 2.32. The van der Waals surface area contributed by atoms with Crippen LogP contribution in [-0.4, -0.2) is 47.5 Å². The summed E-state index contributed by atoms with van der Waals surface area (Å²) in [6.07, 6.45) is -1.21. The van der Waals surface area contributed by atoms with Crippen molar-refractivity contribution in [3.8, 4) is 0 Å². The summed E-state index contributed by atoms with van der Waals surface area (Å²) in [6, 6.07) is 8.28. The minimum Gasteiger partial charge on any atom is -0.378 e. The van der Waals surface area contributed by atoms with E-state index in [4.69, 9.17) is 16.3 Å². The summed E-state index contributed by atoms with van der Waals surface area (Å²) < 4.78 is 44.3. The van der Waals surface area contributed by atoms with Crippen molar-refractivity contribution in [2.45, 2.75) is 19.0 Å². The van der Waals surface area contributed by atoms with E-state index in [1.807, 2.05) is 6.92 Å². The molecule has 0 amide bonds. The lowest BCUT2D eigenvalue weighted by Gasteiger charge is -2.28. The molecule has 0 bridgehead atoms. The van der Waals surface area contributed by atoms with Crippen molar-refractivity contribution in [2.75, 3.05) is 41.9 Å². The van der Waals surface area contributed by atoms with Crippen molar-refractivity contribution in [1.29, 1.82) is 0 Å². The van der Waals surface area contributed by atoms with E-state index in [0.717, 1.165) is 36.6 Å². The fourth-order valence-electron chi connectivity index (χ4n) is 3.47. The second-order valence-electron chi connectivity index (χ2n) is 7.74. The summed E-state index contributed by atoms with van der Waals surface area (Å²) in [5, 5.41) is 7.11. The molecule has 8 nitrogen and oxygen atoms in total. The molecule has 2 N–H and O–H groups in total. The molecule has 2 aromatic heterocycles. The zero-order valence-corrected chi connectivity index (χ0v) is 19.6. The van der Waals surface area contributed by atoms with Crippen molar-refractivity contribution < 1.29 is 17.9 Å². The Balaban J connectivity index is 1.45. The number of benzene rings is 1. The molecular formula is C23H23ClF3N7O. The first kappa shape index (κ1) is 24.7. The number of hydrazone groups is 1. The molecule has 0 radical (unpaired) electrons. The summed E-state index contributed by atoms with van der Waals surface area (Å²) in [7, 11) is 0. The third-order valence-electron chi connectivity index (χ3n) is 5.21. The first-order chi connectivity index (χ1) is 16.8. The van der Waals surface area contributed by atoms with Gasteiger partial charge in [-0.25, -0.2) is 15.4 Å². The van der Waals surface area contributed by atoms with Crippen molar-refractivity contribution in [3.05, 3.63) is 65.1 Å². The van der Waals surface area contributed by atoms with Gasteiger partial charge in [0.1, 0.15) is 5.82 Å². The SMILES string of the molecule is Cc1cnc(N/N=C/c2ccc(Nc3cccc(C(F)(F)F)c3)c(CCl)n2)nc1N1CCOCC1. The number of ether oxygens (including phenoxy) is 1. The average molecular weight is 506 g/mol. The van der Waals surface area contributed by atoms with Gasteiger partial charge >= 0.3 is 6.18 Å². The Morgan fingerprint density at radius 3 is 2.71 bits per heavy atom. The molecule has 1 saturated heterocycles. The number of aromatic nitrogens is 3. The van der Waals surface area contributed by atoms with Gasteiger partial charge in [-0.1, -0.05) is 6.07 Å². The molecule has 1 fully saturated rings. The van der Waals surface area contributed by atoms with Crippen LogP contribution < -0.4 is 15.6 Å². The number of alkyl halides is 4. The third-order valence-corrected chi connectivity index (χ3v) is 5.46. The van der Waals surface area contributed by atoms with E-state index in [1.54, 1.807) is 24.4 Å². The van der Waals surface area contributed by atoms with Gasteiger partial charge < -0.3 is 15.0 Å². The van der Waals surface area contributed by atoms with Gasteiger partial charge in [0, 0.05) is 30.5 Å². The lowest BCUT2D eigenvalue weighted by atomic mass is 10.2. The number of anilines is 4. The molecule has 184 valence electrons. The van der Waals surface area contributed by atoms with E-state index in [0.29, 0.717) is 36.2 Å². The maximum Gasteiger partial charge on any atom is 0.416 e. The molecule has 0 aliphatic carbocycles. The van der Waals surface area contributed by atoms with E-state index in [-0.39, 0.29) is 11.6 Å². The smallest absolute Gasteiger partial charge is 0.378 e. The quantitative estimate of drug-likeness (QED) is 0.266. The van der Waals surface area contributed by atoms with E-state index in [2.05, 4.69) is 35.7 Å². The van der Waals surface area contributed by atoms with Crippen LogP contribution in [0.25, 0.3) is 0 Å². The Morgan fingerprint density at radius 1 is 1.17 bits per heavy atom. The molecule has 0 spiro atoms. The van der Waals surface area contributed by atoms with E-state index in [1.165, 1.54) is 12.3 Å². The number of hydrogen-bond donors (Lipinski definition) is 2. The Hall–Kier alpha value is -3.44. The van der Waals surface area contributed by atoms with Gasteiger partial charge in [-0.2, -0.15) is 23.3 Å². The Bertz CT molecular complexity index is 1200. The lowest BCUT2D eigenvalue weighted by Crippen LogP contribution is -2.37. The number of nitrogens with zero attached hydrogens (tertiary/aromatic N) is 5. The number of nitrogens with one attached hydrogen (secondary N) is 2. The van der Waals surface area contributed by atoms with Crippen LogP contribution in [0.3, 0.4) is 0 Å². The molecule has 1 aromatic carbocycles. The van der Waals surface area contributed by atoms with E-state index < -0.39 is 11.7 Å². The highest BCUT2D eigenvalue weighted by Gasteiger charge is 2.30. The molecule has 3 heterocycles. The monoisotopic (exact) mass is 505 g/mol. The molecule has 1 aliphatic heterocycles. The maximum absolute atomic E-state index is 13.0. The number of halogens is 4. The first-order valence-electron chi connectivity index (χ1n) is 10.8. The Kier molecular flexibility index (Phi) is 7.67. The number of rotatable bonds is 7. The van der Waals surface area contributed by atoms with Crippen LogP contribution in [0, 0.1) is 6.92 Å². The molecular weight excluding hydrogens is 483 g/mol. The predicted octanol–water partition coefficient (Wildman–Crippen LogP) is 4.96. The third kappa shape index (κ3) is 6.37. The van der Waals surface area contributed by atoms with Crippen LogP contribution in [0.4, 0.5) is 36.3 Å². The zero-order chi connectivity index (χ0) is 24.8. The van der Waals surface area contributed by atoms with Crippen LogP contribution in [0.1, 0.15) is 22.5 Å². The van der Waals surface area contributed by atoms with Crippen molar-refractivity contribution in [2.24, 2.45) is 5.10 Å². The fraction of sp³-hybridized carbons (Fsp3) is 0.304. The van der Waals surface area contributed by atoms with Gasteiger partial charge in [0.25, 0.3) is 0 Å². The summed E-state index contributed by atoms with van der Waals surface area (Å²) in [6.45, 7) is 4.76. The lowest BCUT2D eigenvalue weighted by molar-refractivity contribution is -0.137. The molecule has 1 aliphatic rings. The summed E-state index contributed by atoms with van der Waals surface area (Å²) in [4.78, 5) is 15.4. The van der Waals surface area contributed by atoms with Gasteiger partial charge in [-0.3, -0.25) is 0 Å². The Labute approximate surface area is 205 Å². The van der Waals surface area contributed by atoms with Crippen LogP contribution in [0.2, 0.25) is 0 Å². The molecule has 0 unspecified atom stereocenters. The van der Waals surface area contributed by atoms with Crippen LogP contribution in [0.15, 0.2) is 47.7 Å². The molecule has 4 rings (SSSR count). The second kappa shape index (κ2) is 10.9. The molecule has 3 aromatic rings. The van der Waals surface area contributed by atoms with Crippen LogP contribution >= 0.6 is 11.6 Å². The average Bonchev–Trinajstić information content (AvgIpc) is 2.86. The van der Waals surface area contributed by atoms with Gasteiger partial charge in [-0.15, -0.1) is 11.6 Å². The number of aryl methyl sites for hydroxylation is 1. The van der Waals surface area contributed by atoms with Gasteiger partial charge in [0.15, 0.2) is 0 Å². The molecule has 0 saturated carbocycles. The zero-order valence-electron chi connectivity index (χ0n) is 18.8. The van der Waals surface area contributed by atoms with Crippen LogP contribution in [-0.2, 0) is 16.8 Å². The van der Waals surface area contributed by atoms with Crippen molar-refractivity contribution >= 4 is 41.0 Å². The fourth-order valence-corrected chi connectivity index (χ4v) is 3.68. The van der Waals surface area contributed by atoms with Crippen LogP contribution in [0.5, 0.6) is 0 Å². The topological polar surface area (TPSA) is 87.6 Å². The molecule has 0 atom stereocenters. The maximum atomic E-state index is 13.0. The Morgan fingerprint density at radius 2 is 1.97 bits per heavy atom.